The van der Waals surface area contributed by atoms with Gasteiger partial charge in [0.2, 0.25) is 0 Å². The number of imide groups is 1. The molecule has 0 aromatic heterocycles. The van der Waals surface area contributed by atoms with Gasteiger partial charge in [0.25, 0.3) is 5.91 Å². The van der Waals surface area contributed by atoms with Crippen molar-refractivity contribution in [3.8, 4) is 0 Å². The molecule has 0 spiro atoms. The Morgan fingerprint density at radius 2 is 1.77 bits per heavy atom. The van der Waals surface area contributed by atoms with E-state index in [2.05, 4.69) is 62.4 Å². The van der Waals surface area contributed by atoms with Gasteiger partial charge in [0.05, 0.1) is 0 Å². The van der Waals surface area contributed by atoms with Crippen LogP contribution in [0.2, 0.25) is 0 Å². The average molecular weight is 463 g/mol. The normalized spacial score (nSPS) is 15.4. The van der Waals surface area contributed by atoms with Crippen LogP contribution in [-0.4, -0.2) is 36.0 Å². The first kappa shape index (κ1) is 18.8. The lowest BCUT2D eigenvalue weighted by molar-refractivity contribution is 0.0962. The zero-order valence-corrected chi connectivity index (χ0v) is 16.6. The predicted molar refractivity (Wildman–Crippen MR) is 110 cm³/mol. The Morgan fingerprint density at radius 3 is 2.46 bits per heavy atom. The molecule has 0 aliphatic carbocycles. The molecule has 2 N–H and O–H groups in total. The molecule has 3 amide bonds. The molecule has 0 bridgehead atoms. The van der Waals surface area contributed by atoms with E-state index < -0.39 is 6.03 Å². The number of rotatable bonds is 4. The molecule has 26 heavy (non-hydrogen) atoms. The van der Waals surface area contributed by atoms with E-state index in [1.807, 2.05) is 6.07 Å². The summed E-state index contributed by atoms with van der Waals surface area (Å²) >= 11 is 2.33. The molecular weight excluding hydrogens is 441 g/mol. The van der Waals surface area contributed by atoms with Gasteiger partial charge in [-0.25, -0.2) is 4.79 Å². The van der Waals surface area contributed by atoms with Crippen molar-refractivity contribution < 1.29 is 9.59 Å². The van der Waals surface area contributed by atoms with Crippen molar-refractivity contribution in [2.45, 2.75) is 25.4 Å². The molecule has 1 fully saturated rings. The number of likely N-dealkylation sites (tertiary alicyclic amines) is 1. The predicted octanol–water partition coefficient (Wildman–Crippen LogP) is 3.40. The van der Waals surface area contributed by atoms with Crippen LogP contribution in [0.1, 0.15) is 28.8 Å². The number of nitrogens with one attached hydrogen (secondary N) is 2. The minimum absolute atomic E-state index is 0.103. The van der Waals surface area contributed by atoms with E-state index in [1.165, 1.54) is 9.13 Å². The monoisotopic (exact) mass is 463 g/mol. The number of urea groups is 1. The minimum Gasteiger partial charge on any atom is -0.335 e. The summed E-state index contributed by atoms with van der Waals surface area (Å²) in [5.41, 5.74) is 1.80. The molecule has 1 saturated heterocycles. The lowest BCUT2D eigenvalue weighted by Crippen LogP contribution is -2.49. The van der Waals surface area contributed by atoms with E-state index >= 15 is 0 Å². The summed E-state index contributed by atoms with van der Waals surface area (Å²) < 4.78 is 1.25. The second-order valence-electron chi connectivity index (χ2n) is 6.47. The number of piperidine rings is 1. The zero-order valence-electron chi connectivity index (χ0n) is 14.5. The van der Waals surface area contributed by atoms with Crippen molar-refractivity contribution in [3.63, 3.8) is 0 Å². The first-order chi connectivity index (χ1) is 12.6. The van der Waals surface area contributed by atoms with Gasteiger partial charge in [-0.1, -0.05) is 30.3 Å². The van der Waals surface area contributed by atoms with Crippen molar-refractivity contribution in [2.24, 2.45) is 0 Å². The summed E-state index contributed by atoms with van der Waals surface area (Å²) in [4.78, 5) is 26.4. The van der Waals surface area contributed by atoms with Crippen molar-refractivity contribution in [2.75, 3.05) is 13.1 Å². The maximum atomic E-state index is 12.0. The Hall–Kier alpha value is -1.93. The number of amides is 3. The van der Waals surface area contributed by atoms with Crippen molar-refractivity contribution in [3.05, 3.63) is 69.3 Å². The van der Waals surface area contributed by atoms with Crippen LogP contribution in [-0.2, 0) is 6.54 Å². The quantitative estimate of drug-likeness (QED) is 0.684. The first-order valence-corrected chi connectivity index (χ1v) is 9.82. The molecule has 6 heteroatoms. The number of benzene rings is 2. The van der Waals surface area contributed by atoms with Gasteiger partial charge in [-0.05, 0) is 65.3 Å². The van der Waals surface area contributed by atoms with Gasteiger partial charge in [-0.2, -0.15) is 0 Å². The summed E-state index contributed by atoms with van der Waals surface area (Å²) in [5.74, 6) is -0.376. The Morgan fingerprint density at radius 1 is 1.04 bits per heavy atom. The molecule has 5 nitrogen and oxygen atoms in total. The average Bonchev–Trinajstić information content (AvgIpc) is 2.64. The van der Waals surface area contributed by atoms with Crippen LogP contribution in [0.4, 0.5) is 4.79 Å². The third-order valence-electron chi connectivity index (χ3n) is 4.48. The topological polar surface area (TPSA) is 61.4 Å². The fraction of sp³-hybridized carbons (Fsp3) is 0.300. The molecule has 0 saturated carbocycles. The SMILES string of the molecule is O=C(NC(=O)c1ccccc1)NC1CCN(Cc2cccc(I)c2)CC1. The van der Waals surface area contributed by atoms with E-state index in [0.717, 1.165) is 32.5 Å². The summed E-state index contributed by atoms with van der Waals surface area (Å²) in [6, 6.07) is 17.0. The number of hydrogen-bond acceptors (Lipinski definition) is 3. The largest absolute Gasteiger partial charge is 0.335 e. The number of carbonyl (C=O) groups is 2. The van der Waals surface area contributed by atoms with Gasteiger partial charge < -0.3 is 5.32 Å². The van der Waals surface area contributed by atoms with Crippen LogP contribution in [0, 0.1) is 3.57 Å². The molecule has 1 heterocycles. The maximum Gasteiger partial charge on any atom is 0.321 e. The molecule has 3 rings (SSSR count). The van der Waals surface area contributed by atoms with Gasteiger partial charge in [0.15, 0.2) is 0 Å². The maximum absolute atomic E-state index is 12.0. The molecule has 0 unspecified atom stereocenters. The highest BCUT2D eigenvalue weighted by Crippen LogP contribution is 2.15. The van der Waals surface area contributed by atoms with E-state index in [9.17, 15) is 9.59 Å². The molecule has 1 aliphatic heterocycles. The molecule has 2 aromatic carbocycles. The first-order valence-electron chi connectivity index (χ1n) is 8.74. The van der Waals surface area contributed by atoms with Crippen LogP contribution >= 0.6 is 22.6 Å². The van der Waals surface area contributed by atoms with Gasteiger partial charge in [0, 0.05) is 34.8 Å². The number of halogens is 1. The summed E-state index contributed by atoms with van der Waals surface area (Å²) in [5, 5.41) is 5.31. The Bertz CT molecular complexity index is 759. The minimum atomic E-state index is -0.421. The van der Waals surface area contributed by atoms with E-state index in [0.29, 0.717) is 5.56 Å². The summed E-state index contributed by atoms with van der Waals surface area (Å²) in [6.07, 6.45) is 1.77. The van der Waals surface area contributed by atoms with Crippen LogP contribution in [0.25, 0.3) is 0 Å². The highest BCUT2D eigenvalue weighted by atomic mass is 127. The lowest BCUT2D eigenvalue weighted by atomic mass is 10.0. The molecule has 0 radical (unpaired) electrons. The third kappa shape index (κ3) is 5.54. The number of hydrogen-bond donors (Lipinski definition) is 2. The molecular formula is C20H22IN3O2. The lowest BCUT2D eigenvalue weighted by Gasteiger charge is -2.32. The van der Waals surface area contributed by atoms with Gasteiger partial charge >= 0.3 is 6.03 Å². The van der Waals surface area contributed by atoms with Crippen LogP contribution in [0.3, 0.4) is 0 Å². The van der Waals surface area contributed by atoms with Gasteiger partial charge in [0.1, 0.15) is 0 Å². The molecule has 1 aliphatic rings. The second kappa shape index (κ2) is 9.14. The molecule has 136 valence electrons. The van der Waals surface area contributed by atoms with E-state index in [-0.39, 0.29) is 11.9 Å². The van der Waals surface area contributed by atoms with Crippen LogP contribution in [0.5, 0.6) is 0 Å². The van der Waals surface area contributed by atoms with E-state index in [4.69, 9.17) is 0 Å². The Balaban J connectivity index is 1.42. The third-order valence-corrected chi connectivity index (χ3v) is 5.15. The molecule has 0 atom stereocenters. The fourth-order valence-corrected chi connectivity index (χ4v) is 3.72. The van der Waals surface area contributed by atoms with Crippen molar-refractivity contribution in [1.29, 1.82) is 0 Å². The number of nitrogens with zero attached hydrogens (tertiary/aromatic N) is 1. The highest BCUT2D eigenvalue weighted by molar-refractivity contribution is 14.1. The van der Waals surface area contributed by atoms with E-state index in [1.54, 1.807) is 24.3 Å². The van der Waals surface area contributed by atoms with Crippen LogP contribution in [0.15, 0.2) is 54.6 Å². The summed E-state index contributed by atoms with van der Waals surface area (Å²) in [7, 11) is 0. The summed E-state index contributed by atoms with van der Waals surface area (Å²) in [6.45, 7) is 2.80. The molecule has 2 aromatic rings. The Labute approximate surface area is 167 Å². The highest BCUT2D eigenvalue weighted by Gasteiger charge is 2.21. The second-order valence-corrected chi connectivity index (χ2v) is 7.72. The van der Waals surface area contributed by atoms with Gasteiger partial charge in [-0.3, -0.25) is 15.0 Å². The smallest absolute Gasteiger partial charge is 0.321 e. The van der Waals surface area contributed by atoms with Crippen molar-refractivity contribution in [1.82, 2.24) is 15.5 Å². The zero-order chi connectivity index (χ0) is 18.4. The fourth-order valence-electron chi connectivity index (χ4n) is 3.12. The Kier molecular flexibility index (Phi) is 6.62. The standard InChI is InChI=1S/C20H22IN3O2/c21-17-8-4-5-15(13-17)14-24-11-9-18(10-12-24)22-20(26)23-19(25)16-6-2-1-3-7-16/h1-8,13,18H,9-12,14H2,(H2,22,23,25,26). The van der Waals surface area contributed by atoms with Crippen LogP contribution < -0.4 is 10.6 Å². The number of carbonyl (C=O) groups excluding carboxylic acids is 2. The van der Waals surface area contributed by atoms with Crippen molar-refractivity contribution >= 4 is 34.5 Å². The van der Waals surface area contributed by atoms with Gasteiger partial charge in [-0.15, -0.1) is 0 Å².